The Balaban J connectivity index is 1.27. The van der Waals surface area contributed by atoms with E-state index in [2.05, 4.69) is 19.7 Å². The summed E-state index contributed by atoms with van der Waals surface area (Å²) in [6.45, 7) is 15.3. The van der Waals surface area contributed by atoms with Crippen LogP contribution in [0, 0.1) is 23.7 Å². The van der Waals surface area contributed by atoms with E-state index in [0.29, 0.717) is 16.7 Å². The number of rotatable bonds is 9. The van der Waals surface area contributed by atoms with Gasteiger partial charge in [-0.2, -0.15) is 0 Å². The van der Waals surface area contributed by atoms with E-state index in [0.717, 1.165) is 0 Å². The van der Waals surface area contributed by atoms with Gasteiger partial charge in [-0.3, -0.25) is 4.79 Å². The zero-order valence-corrected chi connectivity index (χ0v) is 26.3. The number of aliphatic hydroxyl groups is 4. The highest BCUT2D eigenvalue weighted by Gasteiger charge is 2.58. The number of carbonyl (C=O) groups is 3. The molecule has 13 nitrogen and oxygen atoms in total. The van der Waals surface area contributed by atoms with Crippen molar-refractivity contribution < 1.29 is 63.6 Å². The Morgan fingerprint density at radius 2 is 1.70 bits per heavy atom. The summed E-state index contributed by atoms with van der Waals surface area (Å²) in [5.74, 6) is -4.04. The molecule has 2 saturated heterocycles. The van der Waals surface area contributed by atoms with Crippen molar-refractivity contribution in [2.75, 3.05) is 6.61 Å². The van der Waals surface area contributed by atoms with Gasteiger partial charge in [0.1, 0.15) is 49.0 Å². The number of carbonyl (C=O) groups excluding carboxylic acids is 3. The highest BCUT2D eigenvalue weighted by Crippen LogP contribution is 2.53. The number of benzene rings is 1. The van der Waals surface area contributed by atoms with E-state index in [4.69, 9.17) is 23.7 Å². The number of ether oxygens (including phenoxy) is 5. The van der Waals surface area contributed by atoms with Gasteiger partial charge in [-0.25, -0.2) is 9.59 Å². The lowest BCUT2D eigenvalue weighted by molar-refractivity contribution is -0.308. The molecule has 4 fully saturated rings. The van der Waals surface area contributed by atoms with E-state index in [1.165, 1.54) is 12.1 Å². The van der Waals surface area contributed by atoms with E-state index < -0.39 is 91.5 Å². The molecule has 1 aromatic rings. The van der Waals surface area contributed by atoms with Gasteiger partial charge in [-0.15, -0.1) is 0 Å². The molecule has 0 amide bonds. The summed E-state index contributed by atoms with van der Waals surface area (Å²) in [6, 6.07) is 5.98. The zero-order valence-electron chi connectivity index (χ0n) is 26.3. The molecule has 256 valence electrons. The van der Waals surface area contributed by atoms with Crippen molar-refractivity contribution >= 4 is 17.9 Å². The maximum Gasteiger partial charge on any atom is 0.335 e. The number of aliphatic hydroxyl groups excluding tert-OH is 4. The molecule has 13 heteroatoms. The Morgan fingerprint density at radius 3 is 2.36 bits per heavy atom. The molecule has 0 aromatic heterocycles. The highest BCUT2D eigenvalue weighted by atomic mass is 16.7. The van der Waals surface area contributed by atoms with Crippen molar-refractivity contribution in [3.63, 3.8) is 0 Å². The second-order valence-electron chi connectivity index (χ2n) is 13.1. The summed E-state index contributed by atoms with van der Waals surface area (Å²) in [5.41, 5.74) is 1.89. The van der Waals surface area contributed by atoms with Crippen molar-refractivity contribution in [1.82, 2.24) is 0 Å². The predicted octanol–water partition coefficient (Wildman–Crippen LogP) is 0.849. The van der Waals surface area contributed by atoms with E-state index in [9.17, 15) is 39.9 Å². The number of aromatic hydroxyl groups is 1. The third-order valence-corrected chi connectivity index (χ3v) is 9.55. The molecule has 2 aliphatic heterocycles. The molecular formula is C34H42O13. The zero-order chi connectivity index (χ0) is 34.3. The molecule has 4 aliphatic rings. The maximum absolute atomic E-state index is 12.7. The molecule has 2 aliphatic carbocycles. The topological polar surface area (TPSA) is 199 Å². The third-order valence-electron chi connectivity index (χ3n) is 9.55. The molecule has 12 unspecified atom stereocenters. The number of fused-ring (bicyclic) bond motifs is 3. The third kappa shape index (κ3) is 7.01. The maximum atomic E-state index is 12.7. The predicted molar refractivity (Wildman–Crippen MR) is 162 cm³/mol. The Morgan fingerprint density at radius 1 is 1.02 bits per heavy atom. The molecule has 1 aromatic carbocycles. The number of hydrogen-bond acceptors (Lipinski definition) is 13. The van der Waals surface area contributed by atoms with Crippen LogP contribution >= 0.6 is 0 Å². The van der Waals surface area contributed by atoms with Gasteiger partial charge in [0, 0.05) is 17.9 Å². The van der Waals surface area contributed by atoms with Crippen LogP contribution in [0.3, 0.4) is 0 Å². The van der Waals surface area contributed by atoms with Crippen LogP contribution in [0.25, 0.3) is 0 Å². The standard InChI is InChI=1S/C34H42O13/c1-14(2)27(37)33(42)44-22-10-15(3)20-12-21(16(4)25(20)31-26(22)17(5)32(41)47-31)45-34-30(40)29(39)28(38)23(46-34)13-43-24(36)11-18-6-8-19(35)9-7-18/h6-9,14,20-23,25-31,34-35,37-40H,3-5,10-13H2,1-2H3. The van der Waals surface area contributed by atoms with Crippen molar-refractivity contribution in [2.45, 2.75) is 88.2 Å². The van der Waals surface area contributed by atoms with Crippen LogP contribution in [0.5, 0.6) is 5.75 Å². The lowest BCUT2D eigenvalue weighted by Gasteiger charge is -2.41. The van der Waals surface area contributed by atoms with Crippen molar-refractivity contribution in [3.8, 4) is 5.75 Å². The number of esters is 3. The first-order valence-electron chi connectivity index (χ1n) is 15.6. The summed E-state index contributed by atoms with van der Waals surface area (Å²) in [4.78, 5) is 37.9. The molecule has 0 spiro atoms. The monoisotopic (exact) mass is 658 g/mol. The number of phenols is 1. The van der Waals surface area contributed by atoms with Crippen LogP contribution in [-0.4, -0.2) is 105 Å². The minimum atomic E-state index is -1.69. The van der Waals surface area contributed by atoms with Gasteiger partial charge < -0.3 is 49.2 Å². The lowest BCUT2D eigenvalue weighted by atomic mass is 9.81. The molecule has 47 heavy (non-hydrogen) atoms. The fourth-order valence-electron chi connectivity index (χ4n) is 6.82. The van der Waals surface area contributed by atoms with Crippen molar-refractivity contribution in [2.24, 2.45) is 23.7 Å². The van der Waals surface area contributed by atoms with Crippen LogP contribution in [0.4, 0.5) is 0 Å². The molecule has 2 heterocycles. The first-order chi connectivity index (χ1) is 22.2. The minimum Gasteiger partial charge on any atom is -0.508 e. The molecule has 5 N–H and O–H groups in total. The average molecular weight is 659 g/mol. The van der Waals surface area contributed by atoms with Crippen LogP contribution in [-0.2, 0) is 44.5 Å². The molecular weight excluding hydrogens is 616 g/mol. The van der Waals surface area contributed by atoms with E-state index in [1.54, 1.807) is 26.0 Å². The van der Waals surface area contributed by atoms with Gasteiger partial charge in [-0.1, -0.05) is 51.3 Å². The van der Waals surface area contributed by atoms with Crippen LogP contribution < -0.4 is 0 Å². The largest absolute Gasteiger partial charge is 0.508 e. The lowest BCUT2D eigenvalue weighted by Crippen LogP contribution is -2.60. The van der Waals surface area contributed by atoms with Gasteiger partial charge in [0.15, 0.2) is 12.4 Å². The Bertz CT molecular complexity index is 1400. The molecule has 2 saturated carbocycles. The van der Waals surface area contributed by atoms with Crippen molar-refractivity contribution in [3.05, 3.63) is 66.3 Å². The molecule has 0 radical (unpaired) electrons. The summed E-state index contributed by atoms with van der Waals surface area (Å²) >= 11 is 0. The molecule has 0 bridgehead atoms. The molecule has 5 rings (SSSR count). The molecule has 12 atom stereocenters. The minimum absolute atomic E-state index is 0.0468. The fourth-order valence-corrected chi connectivity index (χ4v) is 6.82. The summed E-state index contributed by atoms with van der Waals surface area (Å²) in [5, 5.41) is 51.6. The van der Waals surface area contributed by atoms with Gasteiger partial charge in [0.05, 0.1) is 18.4 Å². The Labute approximate surface area is 272 Å². The van der Waals surface area contributed by atoms with Gasteiger partial charge in [0.2, 0.25) is 0 Å². The van der Waals surface area contributed by atoms with Gasteiger partial charge in [-0.05, 0) is 41.5 Å². The smallest absolute Gasteiger partial charge is 0.335 e. The Kier molecular flexibility index (Phi) is 10.3. The first kappa shape index (κ1) is 34.7. The number of phenolic OH excluding ortho intramolecular Hbond substituents is 1. The van der Waals surface area contributed by atoms with Crippen LogP contribution in [0.1, 0.15) is 32.3 Å². The second kappa shape index (κ2) is 13.9. The summed E-state index contributed by atoms with van der Waals surface area (Å²) in [6.07, 6.45) is -11.1. The van der Waals surface area contributed by atoms with E-state index >= 15 is 0 Å². The fraction of sp³-hybridized carbons (Fsp3) is 0.559. The van der Waals surface area contributed by atoms with Gasteiger partial charge in [0.25, 0.3) is 0 Å². The van der Waals surface area contributed by atoms with Crippen molar-refractivity contribution in [1.29, 1.82) is 0 Å². The van der Waals surface area contributed by atoms with E-state index in [1.807, 2.05) is 0 Å². The first-order valence-corrected chi connectivity index (χ1v) is 15.6. The Hall–Kier alpha value is -3.59. The van der Waals surface area contributed by atoms with Crippen LogP contribution in [0.15, 0.2) is 60.7 Å². The highest BCUT2D eigenvalue weighted by molar-refractivity contribution is 5.91. The SMILES string of the molecule is C=C1CC(OC(=O)C(O)C(C)C)C2C(=C)C(=O)OC2C2C(=C)C(OC3OC(COC(=O)Cc4ccc(O)cc4)C(O)C(O)C3O)CC12. The normalized spacial score (nSPS) is 35.9. The summed E-state index contributed by atoms with van der Waals surface area (Å²) in [7, 11) is 0. The van der Waals surface area contributed by atoms with Crippen LogP contribution in [0.2, 0.25) is 0 Å². The second-order valence-corrected chi connectivity index (χ2v) is 13.1. The number of hydrogen-bond donors (Lipinski definition) is 5. The van der Waals surface area contributed by atoms with E-state index in [-0.39, 0.29) is 42.4 Å². The summed E-state index contributed by atoms with van der Waals surface area (Å²) < 4.78 is 28.7. The average Bonchev–Trinajstić information content (AvgIpc) is 3.47. The van der Waals surface area contributed by atoms with Gasteiger partial charge >= 0.3 is 17.9 Å². The quantitative estimate of drug-likeness (QED) is 0.108.